The first-order valence-electron chi connectivity index (χ1n) is 8.73. The van der Waals surface area contributed by atoms with Crippen LogP contribution in [0.15, 0.2) is 60.8 Å². The van der Waals surface area contributed by atoms with Crippen molar-refractivity contribution in [3.8, 4) is 11.1 Å². The Morgan fingerprint density at radius 3 is 2.23 bits per heavy atom. The highest BCUT2D eigenvalue weighted by atomic mass is 35.5. The lowest BCUT2D eigenvalue weighted by Gasteiger charge is -2.19. The number of hydrogen-bond acceptors (Lipinski definition) is 2. The van der Waals surface area contributed by atoms with Crippen molar-refractivity contribution in [2.75, 3.05) is 6.54 Å². The van der Waals surface area contributed by atoms with Crippen LogP contribution in [0.1, 0.15) is 21.5 Å². The van der Waals surface area contributed by atoms with Crippen molar-refractivity contribution in [3.05, 3.63) is 88.5 Å². The summed E-state index contributed by atoms with van der Waals surface area (Å²) in [5.41, 5.74) is -2.37. The lowest BCUT2D eigenvalue weighted by atomic mass is 10.0. The van der Waals surface area contributed by atoms with Crippen LogP contribution < -0.4 is 5.32 Å². The summed E-state index contributed by atoms with van der Waals surface area (Å²) in [5, 5.41) is 1.95. The Hall–Kier alpha value is -3.07. The zero-order valence-corrected chi connectivity index (χ0v) is 16.2. The highest BCUT2D eigenvalue weighted by Crippen LogP contribution is 2.34. The third kappa shape index (κ3) is 5.16. The molecule has 0 aliphatic carbocycles. The third-order valence-electron chi connectivity index (χ3n) is 4.37. The van der Waals surface area contributed by atoms with E-state index in [0.717, 1.165) is 24.3 Å². The molecule has 3 nitrogen and oxygen atoms in total. The van der Waals surface area contributed by atoms with E-state index in [1.165, 1.54) is 30.5 Å². The number of hydrogen-bond donors (Lipinski definition) is 1. The second kappa shape index (κ2) is 8.58. The maximum atomic E-state index is 14.5. The molecule has 0 bridgehead atoms. The van der Waals surface area contributed by atoms with Crippen LogP contribution in [0.2, 0.25) is 5.15 Å². The van der Waals surface area contributed by atoms with Gasteiger partial charge in [-0.05, 0) is 42.0 Å². The van der Waals surface area contributed by atoms with Gasteiger partial charge in [0, 0.05) is 11.8 Å². The smallest absolute Gasteiger partial charge is 0.346 e. The molecule has 3 aromatic rings. The van der Waals surface area contributed by atoms with Crippen LogP contribution >= 0.6 is 11.6 Å². The SMILES string of the molecule is O=C(NCC(F)(F)c1ccc(-c2ccc(Cl)nc2)cc1F)c1ccccc1C(F)(F)F. The molecule has 10 heteroatoms. The number of nitrogens with zero attached hydrogens (tertiary/aromatic N) is 1. The molecule has 0 fully saturated rings. The maximum absolute atomic E-state index is 14.5. The Morgan fingerprint density at radius 1 is 0.935 bits per heavy atom. The van der Waals surface area contributed by atoms with Crippen molar-refractivity contribution in [1.29, 1.82) is 0 Å². The number of amides is 1. The van der Waals surface area contributed by atoms with Crippen LogP contribution in [0.4, 0.5) is 26.3 Å². The predicted octanol–water partition coefficient (Wildman–Crippen LogP) is 6.08. The minimum Gasteiger partial charge on any atom is -0.346 e. The van der Waals surface area contributed by atoms with E-state index in [2.05, 4.69) is 4.98 Å². The Morgan fingerprint density at radius 2 is 1.61 bits per heavy atom. The normalized spacial score (nSPS) is 12.0. The molecule has 3 rings (SSSR count). The monoisotopic (exact) mass is 458 g/mol. The molecule has 0 atom stereocenters. The summed E-state index contributed by atoms with van der Waals surface area (Å²) in [6, 6.07) is 9.70. The zero-order valence-electron chi connectivity index (χ0n) is 15.5. The Balaban J connectivity index is 1.78. The van der Waals surface area contributed by atoms with Crippen LogP contribution in [0.25, 0.3) is 11.1 Å². The number of alkyl halides is 5. The van der Waals surface area contributed by atoms with Crippen LogP contribution in [-0.2, 0) is 12.1 Å². The van der Waals surface area contributed by atoms with E-state index in [0.29, 0.717) is 11.6 Å². The third-order valence-corrected chi connectivity index (χ3v) is 4.60. The number of benzene rings is 2. The van der Waals surface area contributed by atoms with Gasteiger partial charge >= 0.3 is 6.18 Å². The highest BCUT2D eigenvalue weighted by molar-refractivity contribution is 6.29. The molecule has 0 radical (unpaired) electrons. The Labute approximate surface area is 177 Å². The van der Waals surface area contributed by atoms with Gasteiger partial charge in [-0.25, -0.2) is 9.37 Å². The summed E-state index contributed by atoms with van der Waals surface area (Å²) >= 11 is 5.67. The van der Waals surface area contributed by atoms with Crippen LogP contribution in [-0.4, -0.2) is 17.4 Å². The van der Waals surface area contributed by atoms with Gasteiger partial charge in [0.05, 0.1) is 23.2 Å². The van der Waals surface area contributed by atoms with E-state index in [9.17, 15) is 31.1 Å². The van der Waals surface area contributed by atoms with Gasteiger partial charge in [-0.15, -0.1) is 0 Å². The minimum absolute atomic E-state index is 0.204. The van der Waals surface area contributed by atoms with Gasteiger partial charge in [-0.2, -0.15) is 22.0 Å². The molecule has 0 spiro atoms. The van der Waals surface area contributed by atoms with Crippen molar-refractivity contribution >= 4 is 17.5 Å². The summed E-state index contributed by atoms with van der Waals surface area (Å²) in [6.45, 7) is -1.39. The fraction of sp³-hybridized carbons (Fsp3) is 0.143. The fourth-order valence-electron chi connectivity index (χ4n) is 2.85. The van der Waals surface area contributed by atoms with Crippen LogP contribution in [0.3, 0.4) is 0 Å². The summed E-state index contributed by atoms with van der Waals surface area (Å²) in [4.78, 5) is 15.9. The molecule has 1 N–H and O–H groups in total. The molecule has 1 heterocycles. The second-order valence-corrected chi connectivity index (χ2v) is 6.88. The molecule has 1 aromatic heterocycles. The predicted molar refractivity (Wildman–Crippen MR) is 102 cm³/mol. The number of carbonyl (C=O) groups is 1. The number of rotatable bonds is 5. The van der Waals surface area contributed by atoms with Crippen LogP contribution in [0.5, 0.6) is 0 Å². The zero-order chi connectivity index (χ0) is 22.8. The first kappa shape index (κ1) is 22.6. The summed E-state index contributed by atoms with van der Waals surface area (Å²) in [5.74, 6) is -6.47. The maximum Gasteiger partial charge on any atom is 0.417 e. The largest absolute Gasteiger partial charge is 0.417 e. The molecule has 0 aliphatic rings. The molecular formula is C21H13ClF6N2O. The number of halogens is 7. The Kier molecular flexibility index (Phi) is 6.26. The molecule has 1 amide bonds. The number of aromatic nitrogens is 1. The van der Waals surface area contributed by atoms with Gasteiger partial charge in [-0.3, -0.25) is 4.79 Å². The number of carbonyl (C=O) groups excluding carboxylic acids is 1. The van der Waals surface area contributed by atoms with E-state index >= 15 is 0 Å². The van der Waals surface area contributed by atoms with E-state index in [4.69, 9.17) is 11.6 Å². The molecule has 31 heavy (non-hydrogen) atoms. The van der Waals surface area contributed by atoms with Crippen molar-refractivity contribution in [2.45, 2.75) is 12.1 Å². The lowest BCUT2D eigenvalue weighted by molar-refractivity contribution is -0.137. The number of pyridine rings is 1. The van der Waals surface area contributed by atoms with Crippen molar-refractivity contribution in [2.24, 2.45) is 0 Å². The van der Waals surface area contributed by atoms with E-state index in [1.54, 1.807) is 5.32 Å². The standard InChI is InChI=1S/C21H13ClF6N2O/c22-18-8-6-13(10-29-18)12-5-7-16(17(23)9-12)20(24,25)11-30-19(31)14-3-1-2-4-15(14)21(26,27)28/h1-10H,11H2,(H,30,31). The first-order chi connectivity index (χ1) is 14.5. The molecule has 2 aromatic carbocycles. The van der Waals surface area contributed by atoms with Crippen LogP contribution in [0, 0.1) is 5.82 Å². The van der Waals surface area contributed by atoms with Gasteiger partial charge in [-0.1, -0.05) is 29.8 Å². The van der Waals surface area contributed by atoms with E-state index in [1.807, 2.05) is 0 Å². The molecule has 0 saturated heterocycles. The fourth-order valence-corrected chi connectivity index (χ4v) is 2.96. The molecule has 0 saturated carbocycles. The van der Waals surface area contributed by atoms with E-state index < -0.39 is 47.1 Å². The lowest BCUT2D eigenvalue weighted by Crippen LogP contribution is -2.36. The molecule has 0 aliphatic heterocycles. The summed E-state index contributed by atoms with van der Waals surface area (Å²) in [6.07, 6.45) is -3.50. The van der Waals surface area contributed by atoms with Gasteiger partial charge < -0.3 is 5.32 Å². The average Bonchev–Trinajstić information content (AvgIpc) is 2.71. The quantitative estimate of drug-likeness (QED) is 0.372. The van der Waals surface area contributed by atoms with Gasteiger partial charge in [0.25, 0.3) is 11.8 Å². The average molecular weight is 459 g/mol. The summed E-state index contributed by atoms with van der Waals surface area (Å²) < 4.78 is 82.4. The molecule has 162 valence electrons. The van der Waals surface area contributed by atoms with Gasteiger partial charge in [0.2, 0.25) is 0 Å². The Bertz CT molecular complexity index is 1100. The van der Waals surface area contributed by atoms with Crippen molar-refractivity contribution < 1.29 is 31.1 Å². The second-order valence-electron chi connectivity index (χ2n) is 6.49. The minimum atomic E-state index is -4.84. The van der Waals surface area contributed by atoms with Gasteiger partial charge in [0.15, 0.2) is 0 Å². The summed E-state index contributed by atoms with van der Waals surface area (Å²) in [7, 11) is 0. The first-order valence-corrected chi connectivity index (χ1v) is 9.11. The highest BCUT2D eigenvalue weighted by Gasteiger charge is 2.38. The number of nitrogens with one attached hydrogen (secondary N) is 1. The molecular weight excluding hydrogens is 446 g/mol. The van der Waals surface area contributed by atoms with Crippen molar-refractivity contribution in [3.63, 3.8) is 0 Å². The van der Waals surface area contributed by atoms with E-state index in [-0.39, 0.29) is 10.7 Å². The topological polar surface area (TPSA) is 42.0 Å². The molecule has 0 unspecified atom stereocenters. The van der Waals surface area contributed by atoms with Crippen molar-refractivity contribution in [1.82, 2.24) is 10.3 Å². The van der Waals surface area contributed by atoms with Gasteiger partial charge in [0.1, 0.15) is 11.0 Å².